The van der Waals surface area contributed by atoms with Gasteiger partial charge in [0.15, 0.2) is 0 Å². The van der Waals surface area contributed by atoms with Crippen molar-refractivity contribution < 1.29 is 17.1 Å². The normalized spacial score (nSPS) is 10.5. The first-order valence-corrected chi connectivity index (χ1v) is 8.53. The van der Waals surface area contributed by atoms with Gasteiger partial charge in [0, 0.05) is 11.9 Å². The zero-order chi connectivity index (χ0) is 14.9. The fraction of sp³-hybridized carbons (Fsp3) is 0.583. The molecule has 4 nitrogen and oxygen atoms in total. The monoisotopic (exact) mass is 309 g/mol. The van der Waals surface area contributed by atoms with E-state index in [1.807, 2.05) is 13.8 Å². The van der Waals surface area contributed by atoms with Crippen molar-refractivity contribution in [2.45, 2.75) is 44.9 Å². The van der Waals surface area contributed by atoms with Gasteiger partial charge in [-0.3, -0.25) is 4.79 Å². The molecular formula is C12H20FNO3S2. The minimum absolute atomic E-state index is 0.206. The molecule has 1 heterocycles. The van der Waals surface area contributed by atoms with E-state index in [9.17, 15) is 17.1 Å². The van der Waals surface area contributed by atoms with Crippen LogP contribution < -0.4 is 5.32 Å². The summed E-state index contributed by atoms with van der Waals surface area (Å²) in [4.78, 5) is 11.3. The van der Waals surface area contributed by atoms with Gasteiger partial charge >= 0.3 is 10.2 Å². The molecule has 0 fully saturated rings. The van der Waals surface area contributed by atoms with Crippen molar-refractivity contribution in [1.82, 2.24) is 5.32 Å². The van der Waals surface area contributed by atoms with E-state index in [0.717, 1.165) is 42.0 Å². The van der Waals surface area contributed by atoms with E-state index in [0.29, 0.717) is 6.54 Å². The Bertz CT molecular complexity index is 483. The smallest absolute Gasteiger partial charge is 0.332 e. The molecule has 1 amide bonds. The lowest BCUT2D eigenvalue weighted by atomic mass is 10.2. The van der Waals surface area contributed by atoms with E-state index in [1.165, 1.54) is 0 Å². The van der Waals surface area contributed by atoms with Crippen molar-refractivity contribution in [3.63, 3.8) is 0 Å². The molecule has 110 valence electrons. The number of unbranched alkanes of at least 4 members (excludes halogenated alkanes) is 2. The van der Waals surface area contributed by atoms with E-state index in [1.54, 1.807) is 0 Å². The number of carbonyl (C=O) groups is 1. The highest BCUT2D eigenvalue weighted by Gasteiger charge is 2.17. The summed E-state index contributed by atoms with van der Waals surface area (Å²) in [5.74, 6) is -0.360. The van der Waals surface area contributed by atoms with Gasteiger partial charge in [-0.05, 0) is 12.5 Å². The van der Waals surface area contributed by atoms with Crippen LogP contribution in [0.2, 0.25) is 0 Å². The van der Waals surface area contributed by atoms with Gasteiger partial charge in [-0.1, -0.05) is 33.6 Å². The highest BCUT2D eigenvalue weighted by Crippen LogP contribution is 2.20. The number of hydrogen-bond donors (Lipinski definition) is 1. The first kappa shape index (κ1) is 18.0. The summed E-state index contributed by atoms with van der Waals surface area (Å²) in [6.45, 7) is 6.60. The van der Waals surface area contributed by atoms with Gasteiger partial charge < -0.3 is 5.32 Å². The molecule has 0 aliphatic carbocycles. The fourth-order valence-corrected chi connectivity index (χ4v) is 2.85. The van der Waals surface area contributed by atoms with Gasteiger partial charge in [0.2, 0.25) is 0 Å². The zero-order valence-electron chi connectivity index (χ0n) is 11.4. The van der Waals surface area contributed by atoms with E-state index >= 15 is 0 Å². The number of thiophene rings is 1. The quantitative estimate of drug-likeness (QED) is 0.647. The predicted molar refractivity (Wildman–Crippen MR) is 75.8 cm³/mol. The molecular weight excluding hydrogens is 289 g/mol. The van der Waals surface area contributed by atoms with Crippen LogP contribution in [-0.2, 0) is 10.2 Å². The number of nitrogens with one attached hydrogen (secondary N) is 1. The summed E-state index contributed by atoms with van der Waals surface area (Å²) in [6, 6.07) is 1.05. The third-order valence-electron chi connectivity index (χ3n) is 2.15. The van der Waals surface area contributed by atoms with Crippen LogP contribution in [0, 0.1) is 0 Å². The largest absolute Gasteiger partial charge is 0.351 e. The summed E-state index contributed by atoms with van der Waals surface area (Å²) >= 11 is 0.917. The molecule has 0 aromatic carbocycles. The van der Waals surface area contributed by atoms with Crippen LogP contribution in [0.1, 0.15) is 49.7 Å². The lowest BCUT2D eigenvalue weighted by Crippen LogP contribution is -2.23. The zero-order valence-corrected chi connectivity index (χ0v) is 13.0. The van der Waals surface area contributed by atoms with Crippen LogP contribution in [-0.4, -0.2) is 20.9 Å². The highest BCUT2D eigenvalue weighted by atomic mass is 32.3. The van der Waals surface area contributed by atoms with Crippen molar-refractivity contribution in [2.24, 2.45) is 0 Å². The van der Waals surface area contributed by atoms with Crippen molar-refractivity contribution in [3.8, 4) is 0 Å². The van der Waals surface area contributed by atoms with Crippen LogP contribution in [0.4, 0.5) is 3.89 Å². The van der Waals surface area contributed by atoms with Crippen LogP contribution in [0.15, 0.2) is 16.3 Å². The van der Waals surface area contributed by atoms with Crippen molar-refractivity contribution >= 4 is 27.5 Å². The molecule has 0 unspecified atom stereocenters. The van der Waals surface area contributed by atoms with Gasteiger partial charge in [0.1, 0.15) is 4.90 Å². The van der Waals surface area contributed by atoms with Gasteiger partial charge in [-0.2, -0.15) is 8.42 Å². The molecule has 1 aromatic heterocycles. The van der Waals surface area contributed by atoms with Gasteiger partial charge in [-0.25, -0.2) is 0 Å². The second-order valence-electron chi connectivity index (χ2n) is 3.55. The maximum absolute atomic E-state index is 12.6. The van der Waals surface area contributed by atoms with E-state index < -0.39 is 15.1 Å². The van der Waals surface area contributed by atoms with E-state index in [2.05, 4.69) is 12.2 Å². The van der Waals surface area contributed by atoms with E-state index in [4.69, 9.17) is 0 Å². The Morgan fingerprint density at radius 2 is 2.00 bits per heavy atom. The molecule has 0 saturated heterocycles. The summed E-state index contributed by atoms with van der Waals surface area (Å²) in [7, 11) is -4.71. The Morgan fingerprint density at radius 1 is 1.37 bits per heavy atom. The molecule has 0 spiro atoms. The van der Waals surface area contributed by atoms with Gasteiger partial charge in [-0.15, -0.1) is 15.2 Å². The summed E-state index contributed by atoms with van der Waals surface area (Å²) in [6.07, 6.45) is 2.95. The van der Waals surface area contributed by atoms with Crippen molar-refractivity contribution in [2.75, 3.05) is 6.54 Å². The third kappa shape index (κ3) is 6.68. The standard InChI is InChI=1S/C10H14FNO3S2.C2H6/c1-2-3-4-5-12-10(13)9-6-8(7-16-9)17(11,14)15;1-2/h6-7H,2-5H2,1H3,(H,12,13);1-2H3. The second kappa shape index (κ2) is 9.03. The topological polar surface area (TPSA) is 63.2 Å². The SMILES string of the molecule is CC.CCCCCNC(=O)c1cc(S(=O)(=O)F)cs1. The van der Waals surface area contributed by atoms with Crippen molar-refractivity contribution in [1.29, 1.82) is 0 Å². The molecule has 19 heavy (non-hydrogen) atoms. The number of halogens is 1. The summed E-state index contributed by atoms with van der Waals surface area (Å²) in [5.41, 5.74) is 0. The summed E-state index contributed by atoms with van der Waals surface area (Å²) < 4.78 is 33.8. The average molecular weight is 309 g/mol. The van der Waals surface area contributed by atoms with Crippen LogP contribution in [0.3, 0.4) is 0 Å². The second-order valence-corrected chi connectivity index (χ2v) is 5.81. The Hall–Kier alpha value is -0.950. The van der Waals surface area contributed by atoms with E-state index in [-0.39, 0.29) is 10.8 Å². The first-order chi connectivity index (χ1) is 8.95. The van der Waals surface area contributed by atoms with Gasteiger partial charge in [0.25, 0.3) is 5.91 Å². The molecule has 0 bridgehead atoms. The third-order valence-corrected chi connectivity index (χ3v) is 4.02. The van der Waals surface area contributed by atoms with Crippen LogP contribution in [0.25, 0.3) is 0 Å². The number of amides is 1. The van der Waals surface area contributed by atoms with Gasteiger partial charge in [0.05, 0.1) is 4.88 Å². The molecule has 0 atom stereocenters. The minimum Gasteiger partial charge on any atom is -0.351 e. The molecule has 1 rings (SSSR count). The Morgan fingerprint density at radius 3 is 2.47 bits per heavy atom. The minimum atomic E-state index is -4.71. The molecule has 1 N–H and O–H groups in total. The summed E-state index contributed by atoms with van der Waals surface area (Å²) in [5, 5.41) is 3.77. The van der Waals surface area contributed by atoms with Crippen LogP contribution >= 0.6 is 11.3 Å². The Kier molecular flexibility index (Phi) is 8.58. The highest BCUT2D eigenvalue weighted by molar-refractivity contribution is 7.86. The maximum atomic E-state index is 12.6. The lowest BCUT2D eigenvalue weighted by Gasteiger charge is -2.01. The average Bonchev–Trinajstić information content (AvgIpc) is 2.86. The number of carbonyl (C=O) groups excluding carboxylic acids is 1. The fourth-order valence-electron chi connectivity index (χ4n) is 1.23. The molecule has 1 aromatic rings. The maximum Gasteiger partial charge on any atom is 0.332 e. The molecule has 0 aliphatic rings. The molecule has 0 aliphatic heterocycles. The van der Waals surface area contributed by atoms with Crippen molar-refractivity contribution in [3.05, 3.63) is 16.3 Å². The molecule has 7 heteroatoms. The predicted octanol–water partition coefficient (Wildman–Crippen LogP) is 3.35. The molecule has 0 saturated carbocycles. The Balaban J connectivity index is 0.00000154. The Labute approximate surface area is 118 Å². The molecule has 0 radical (unpaired) electrons. The number of hydrogen-bond acceptors (Lipinski definition) is 4. The van der Waals surface area contributed by atoms with Crippen LogP contribution in [0.5, 0.6) is 0 Å². The number of rotatable bonds is 6. The first-order valence-electron chi connectivity index (χ1n) is 6.26. The lowest BCUT2D eigenvalue weighted by molar-refractivity contribution is 0.0957.